The van der Waals surface area contributed by atoms with E-state index in [1.54, 1.807) is 7.05 Å². The van der Waals surface area contributed by atoms with E-state index in [0.29, 0.717) is 18.9 Å². The Morgan fingerprint density at radius 1 is 1.91 bits per heavy atom. The number of nitrogens with one attached hydrogen (secondary N) is 2. The highest BCUT2D eigenvalue weighted by molar-refractivity contribution is 5.82. The van der Waals surface area contributed by atoms with Gasteiger partial charge in [-0.3, -0.25) is 9.79 Å². The zero-order valence-corrected chi connectivity index (χ0v) is 6.42. The molecule has 1 amide bonds. The number of hydrogen-bond acceptors (Lipinski definition) is 2. The zero-order chi connectivity index (χ0) is 8.27. The Kier molecular flexibility index (Phi) is 2.30. The van der Waals surface area contributed by atoms with E-state index in [4.69, 9.17) is 5.73 Å². The van der Waals surface area contributed by atoms with Gasteiger partial charge in [0.25, 0.3) is 0 Å². The minimum atomic E-state index is 0.0615. The molecule has 11 heavy (non-hydrogen) atoms. The van der Waals surface area contributed by atoms with Crippen LogP contribution in [-0.2, 0) is 4.79 Å². The van der Waals surface area contributed by atoms with Gasteiger partial charge in [0.15, 0.2) is 5.96 Å². The number of carbonyl (C=O) groups excluding carboxylic acids is 1. The monoisotopic (exact) mass is 156 g/mol. The lowest BCUT2D eigenvalue weighted by molar-refractivity contribution is -0.119. The van der Waals surface area contributed by atoms with E-state index in [9.17, 15) is 4.79 Å². The molecule has 0 aromatic heterocycles. The summed E-state index contributed by atoms with van der Waals surface area (Å²) >= 11 is 0. The molecule has 1 atom stereocenters. The van der Waals surface area contributed by atoms with Gasteiger partial charge < -0.3 is 16.4 Å². The van der Waals surface area contributed by atoms with Crippen LogP contribution in [0.15, 0.2) is 4.99 Å². The summed E-state index contributed by atoms with van der Waals surface area (Å²) in [5.74, 6) is 0.443. The highest BCUT2D eigenvalue weighted by atomic mass is 16.1. The standard InChI is InChI=1S/C6H12N4O/c1-8-6(7)10-4-2-5(11)9-3-4/h4H,2-3H2,1H3,(H,9,11)(H3,7,8,10). The van der Waals surface area contributed by atoms with Gasteiger partial charge in [0, 0.05) is 20.0 Å². The first-order valence-electron chi connectivity index (χ1n) is 3.48. The van der Waals surface area contributed by atoms with Gasteiger partial charge in [0.05, 0.1) is 6.04 Å². The normalized spacial score (nSPS) is 25.0. The third kappa shape index (κ3) is 2.10. The van der Waals surface area contributed by atoms with E-state index >= 15 is 0 Å². The Labute approximate surface area is 65.1 Å². The minimum Gasteiger partial charge on any atom is -0.370 e. The second-order valence-electron chi connectivity index (χ2n) is 2.46. The second-order valence-corrected chi connectivity index (χ2v) is 2.46. The summed E-state index contributed by atoms with van der Waals surface area (Å²) in [7, 11) is 1.60. The van der Waals surface area contributed by atoms with Gasteiger partial charge in [-0.15, -0.1) is 0 Å². The Morgan fingerprint density at radius 3 is 3.09 bits per heavy atom. The molecule has 0 aromatic rings. The van der Waals surface area contributed by atoms with Crippen molar-refractivity contribution in [3.8, 4) is 0 Å². The predicted octanol–water partition coefficient (Wildman–Crippen LogP) is -1.59. The maximum absolute atomic E-state index is 10.7. The average Bonchev–Trinajstić information content (AvgIpc) is 2.35. The van der Waals surface area contributed by atoms with Gasteiger partial charge >= 0.3 is 0 Å². The summed E-state index contributed by atoms with van der Waals surface area (Å²) < 4.78 is 0. The third-order valence-electron chi connectivity index (χ3n) is 1.57. The molecule has 0 aromatic carbocycles. The molecule has 1 heterocycles. The van der Waals surface area contributed by atoms with Crippen LogP contribution < -0.4 is 16.4 Å². The summed E-state index contributed by atoms with van der Waals surface area (Å²) in [5, 5.41) is 5.59. The number of rotatable bonds is 1. The van der Waals surface area contributed by atoms with Crippen LogP contribution in [0.4, 0.5) is 0 Å². The van der Waals surface area contributed by atoms with Gasteiger partial charge in [-0.2, -0.15) is 0 Å². The van der Waals surface area contributed by atoms with E-state index in [1.807, 2.05) is 0 Å². The first kappa shape index (κ1) is 7.84. The summed E-state index contributed by atoms with van der Waals surface area (Å²) in [4.78, 5) is 14.4. The van der Waals surface area contributed by atoms with Gasteiger partial charge in [0.1, 0.15) is 0 Å². The SMILES string of the molecule is CN=C(N)NC1CNC(=O)C1. The lowest BCUT2D eigenvalue weighted by Crippen LogP contribution is -2.40. The largest absolute Gasteiger partial charge is 0.370 e. The predicted molar refractivity (Wildman–Crippen MR) is 42.1 cm³/mol. The van der Waals surface area contributed by atoms with Crippen molar-refractivity contribution in [2.45, 2.75) is 12.5 Å². The first-order chi connectivity index (χ1) is 5.22. The van der Waals surface area contributed by atoms with Crippen LogP contribution in [0.25, 0.3) is 0 Å². The van der Waals surface area contributed by atoms with Crippen LogP contribution in [0, 0.1) is 0 Å². The van der Waals surface area contributed by atoms with Crippen LogP contribution in [0.3, 0.4) is 0 Å². The summed E-state index contributed by atoms with van der Waals surface area (Å²) in [6, 6.07) is 0.103. The fourth-order valence-corrected chi connectivity index (χ4v) is 0.981. The van der Waals surface area contributed by atoms with Crippen molar-refractivity contribution in [1.82, 2.24) is 10.6 Å². The van der Waals surface area contributed by atoms with Crippen molar-refractivity contribution in [3.05, 3.63) is 0 Å². The van der Waals surface area contributed by atoms with Crippen LogP contribution in [0.2, 0.25) is 0 Å². The maximum Gasteiger partial charge on any atom is 0.222 e. The van der Waals surface area contributed by atoms with Gasteiger partial charge in [0.2, 0.25) is 5.91 Å². The quantitative estimate of drug-likeness (QED) is 0.316. The van der Waals surface area contributed by atoms with E-state index in [1.165, 1.54) is 0 Å². The molecular formula is C6H12N4O. The summed E-state index contributed by atoms with van der Waals surface area (Å²) in [5.41, 5.74) is 5.40. The van der Waals surface area contributed by atoms with Crippen LogP contribution in [-0.4, -0.2) is 31.5 Å². The van der Waals surface area contributed by atoms with Gasteiger partial charge in [-0.1, -0.05) is 0 Å². The molecule has 0 spiro atoms. The van der Waals surface area contributed by atoms with E-state index < -0.39 is 0 Å². The van der Waals surface area contributed by atoms with Crippen molar-refractivity contribution in [3.63, 3.8) is 0 Å². The van der Waals surface area contributed by atoms with Crippen molar-refractivity contribution >= 4 is 11.9 Å². The molecule has 0 saturated carbocycles. The topological polar surface area (TPSA) is 79.5 Å². The number of aliphatic imine (C=N–C) groups is 1. The smallest absolute Gasteiger partial charge is 0.222 e. The Morgan fingerprint density at radius 2 is 2.64 bits per heavy atom. The van der Waals surface area contributed by atoms with E-state index in [-0.39, 0.29) is 11.9 Å². The van der Waals surface area contributed by atoms with Crippen molar-refractivity contribution in [1.29, 1.82) is 0 Å². The number of amides is 1. The Bertz CT molecular complexity index is 189. The molecule has 0 aliphatic carbocycles. The maximum atomic E-state index is 10.7. The number of nitrogens with zero attached hydrogens (tertiary/aromatic N) is 1. The highest BCUT2D eigenvalue weighted by Crippen LogP contribution is 1.97. The first-order valence-corrected chi connectivity index (χ1v) is 3.48. The molecule has 1 fully saturated rings. The number of carbonyl (C=O) groups is 1. The van der Waals surface area contributed by atoms with Gasteiger partial charge in [-0.25, -0.2) is 0 Å². The Hall–Kier alpha value is -1.26. The fourth-order valence-electron chi connectivity index (χ4n) is 0.981. The fraction of sp³-hybridized carbons (Fsp3) is 0.667. The van der Waals surface area contributed by atoms with E-state index in [0.717, 1.165) is 0 Å². The molecule has 0 radical (unpaired) electrons. The molecule has 1 aliphatic rings. The van der Waals surface area contributed by atoms with Gasteiger partial charge in [-0.05, 0) is 0 Å². The molecule has 1 rings (SSSR count). The van der Waals surface area contributed by atoms with Crippen molar-refractivity contribution in [2.24, 2.45) is 10.7 Å². The highest BCUT2D eigenvalue weighted by Gasteiger charge is 2.20. The molecule has 0 bridgehead atoms. The number of nitrogens with two attached hydrogens (primary N) is 1. The zero-order valence-electron chi connectivity index (χ0n) is 6.42. The summed E-state index contributed by atoms with van der Waals surface area (Å²) in [6.07, 6.45) is 0.482. The molecule has 1 aliphatic heterocycles. The minimum absolute atomic E-state index is 0.0615. The molecule has 1 saturated heterocycles. The van der Waals surface area contributed by atoms with Crippen LogP contribution >= 0.6 is 0 Å². The molecule has 4 N–H and O–H groups in total. The lowest BCUT2D eigenvalue weighted by atomic mass is 10.3. The molecule has 1 unspecified atom stereocenters. The van der Waals surface area contributed by atoms with Crippen LogP contribution in [0.1, 0.15) is 6.42 Å². The second kappa shape index (κ2) is 3.23. The number of hydrogen-bond donors (Lipinski definition) is 3. The molecule has 5 nitrogen and oxygen atoms in total. The average molecular weight is 156 g/mol. The van der Waals surface area contributed by atoms with E-state index in [2.05, 4.69) is 15.6 Å². The number of guanidine groups is 1. The molecule has 5 heteroatoms. The Balaban J connectivity index is 2.34. The third-order valence-corrected chi connectivity index (χ3v) is 1.57. The van der Waals surface area contributed by atoms with Crippen molar-refractivity contribution in [2.75, 3.05) is 13.6 Å². The van der Waals surface area contributed by atoms with Crippen molar-refractivity contribution < 1.29 is 4.79 Å². The molecule has 62 valence electrons. The molecular weight excluding hydrogens is 144 g/mol. The lowest BCUT2D eigenvalue weighted by Gasteiger charge is -2.09. The van der Waals surface area contributed by atoms with Crippen LogP contribution in [0.5, 0.6) is 0 Å². The summed E-state index contributed by atoms with van der Waals surface area (Å²) in [6.45, 7) is 0.634.